The summed E-state index contributed by atoms with van der Waals surface area (Å²) in [5.41, 5.74) is 9.31. The third kappa shape index (κ3) is 5.94. The van der Waals surface area contributed by atoms with Crippen LogP contribution < -0.4 is 16.4 Å². The number of anilines is 5. The fourth-order valence-corrected chi connectivity index (χ4v) is 4.22. The Hall–Kier alpha value is -4.77. The first-order valence-corrected chi connectivity index (χ1v) is 13.0. The Morgan fingerprint density at radius 3 is 2.20 bits per heavy atom. The smallest absolute Gasteiger partial charge is 0.254 e. The van der Waals surface area contributed by atoms with Crippen LogP contribution in [-0.2, 0) is 10.2 Å². The number of nitrogens with one attached hydrogen (secondary N) is 3. The molecule has 0 bridgehead atoms. The molecule has 4 aromatic rings. The van der Waals surface area contributed by atoms with Crippen molar-refractivity contribution in [2.75, 3.05) is 42.7 Å². The molecule has 206 valence electrons. The van der Waals surface area contributed by atoms with E-state index in [1.54, 1.807) is 29.2 Å². The Morgan fingerprint density at radius 2 is 1.57 bits per heavy atom. The molecular weight excluding hydrogens is 508 g/mol. The second-order valence-corrected chi connectivity index (χ2v) is 10.5. The molecule has 1 amide bonds. The largest absolute Gasteiger partial charge is 0.383 e. The van der Waals surface area contributed by atoms with Gasteiger partial charge in [0.25, 0.3) is 5.91 Å². The highest BCUT2D eigenvalue weighted by Crippen LogP contribution is 2.28. The number of nitrogens with zero attached hydrogens (tertiary/aromatic N) is 4. The van der Waals surface area contributed by atoms with Gasteiger partial charge in [0.1, 0.15) is 23.7 Å². The molecule has 3 heterocycles. The molecule has 40 heavy (non-hydrogen) atoms. The van der Waals surface area contributed by atoms with Gasteiger partial charge in [0.05, 0.1) is 24.5 Å². The van der Waals surface area contributed by atoms with E-state index in [0.717, 1.165) is 17.1 Å². The normalized spacial score (nSPS) is 13.6. The second kappa shape index (κ2) is 11.1. The van der Waals surface area contributed by atoms with Gasteiger partial charge in [-0.25, -0.2) is 9.97 Å². The Bertz CT molecular complexity index is 1500. The molecular formula is C29H32N8O3. The topological polar surface area (TPSA) is 155 Å². The highest BCUT2D eigenvalue weighted by molar-refractivity contribution is 6.16. The Morgan fingerprint density at radius 1 is 0.950 bits per heavy atom. The van der Waals surface area contributed by atoms with Gasteiger partial charge in [0.15, 0.2) is 5.82 Å². The van der Waals surface area contributed by atoms with Crippen LogP contribution in [0.5, 0.6) is 0 Å². The van der Waals surface area contributed by atoms with Crippen molar-refractivity contribution >= 4 is 40.4 Å². The van der Waals surface area contributed by atoms with Crippen LogP contribution in [0.4, 0.5) is 28.8 Å². The van der Waals surface area contributed by atoms with Gasteiger partial charge in [0.2, 0.25) is 0 Å². The molecule has 0 spiro atoms. The molecule has 1 aliphatic heterocycles. The van der Waals surface area contributed by atoms with Gasteiger partial charge < -0.3 is 30.5 Å². The van der Waals surface area contributed by atoms with Crippen molar-refractivity contribution in [3.05, 3.63) is 83.4 Å². The number of ether oxygens (including phenoxy) is 1. The predicted octanol–water partition coefficient (Wildman–Crippen LogP) is 4.72. The minimum atomic E-state index is -0.131. The van der Waals surface area contributed by atoms with Gasteiger partial charge in [-0.05, 0) is 36.4 Å². The summed E-state index contributed by atoms with van der Waals surface area (Å²) in [6, 6.07) is 16.4. The van der Waals surface area contributed by atoms with E-state index in [9.17, 15) is 4.79 Å². The van der Waals surface area contributed by atoms with Crippen LogP contribution in [0, 0.1) is 5.41 Å². The van der Waals surface area contributed by atoms with Gasteiger partial charge in [-0.3, -0.25) is 10.2 Å². The van der Waals surface area contributed by atoms with Crippen LogP contribution in [-0.4, -0.2) is 57.9 Å². The number of amides is 1. The number of hydrogen-bond acceptors (Lipinski definition) is 10. The van der Waals surface area contributed by atoms with Crippen LogP contribution in [0.25, 0.3) is 0 Å². The Balaban J connectivity index is 1.30. The first-order chi connectivity index (χ1) is 19.2. The first kappa shape index (κ1) is 26.8. The van der Waals surface area contributed by atoms with Crippen molar-refractivity contribution in [1.29, 1.82) is 5.41 Å². The highest BCUT2D eigenvalue weighted by Gasteiger charge is 2.21. The van der Waals surface area contributed by atoms with Crippen molar-refractivity contribution in [3.8, 4) is 0 Å². The fraction of sp³-hybridized carbons (Fsp3) is 0.276. The first-order valence-electron chi connectivity index (χ1n) is 13.0. The number of rotatable bonds is 7. The number of carbonyl (C=O) groups is 1. The maximum absolute atomic E-state index is 12.8. The monoisotopic (exact) mass is 540 g/mol. The maximum Gasteiger partial charge on any atom is 0.254 e. The van der Waals surface area contributed by atoms with Crippen LogP contribution in [0.2, 0.25) is 0 Å². The molecule has 1 fully saturated rings. The molecule has 0 aliphatic carbocycles. The lowest BCUT2D eigenvalue weighted by Gasteiger charge is -2.26. The van der Waals surface area contributed by atoms with E-state index in [-0.39, 0.29) is 22.9 Å². The van der Waals surface area contributed by atoms with Crippen LogP contribution in [0.15, 0.2) is 65.4 Å². The average Bonchev–Trinajstić information content (AvgIpc) is 3.43. The number of carbonyl (C=O) groups excluding carboxylic acids is 1. The lowest BCUT2D eigenvalue weighted by Crippen LogP contribution is -2.40. The highest BCUT2D eigenvalue weighted by atomic mass is 16.5. The molecule has 11 nitrogen and oxygen atoms in total. The van der Waals surface area contributed by atoms with Gasteiger partial charge in [-0.1, -0.05) is 38.1 Å². The van der Waals surface area contributed by atoms with Crippen LogP contribution in [0.3, 0.4) is 0 Å². The van der Waals surface area contributed by atoms with E-state index in [1.807, 2.05) is 30.3 Å². The Labute approximate surface area is 232 Å². The van der Waals surface area contributed by atoms with E-state index in [1.165, 1.54) is 6.33 Å². The van der Waals surface area contributed by atoms with Crippen LogP contribution in [0.1, 0.15) is 48.0 Å². The lowest BCUT2D eigenvalue weighted by molar-refractivity contribution is 0.0303. The molecule has 0 atom stereocenters. The molecule has 0 saturated carbocycles. The maximum atomic E-state index is 12.8. The summed E-state index contributed by atoms with van der Waals surface area (Å²) >= 11 is 0. The zero-order valence-corrected chi connectivity index (χ0v) is 22.7. The zero-order valence-electron chi connectivity index (χ0n) is 22.7. The Kier molecular flexibility index (Phi) is 7.47. The second-order valence-electron chi connectivity index (χ2n) is 10.5. The fourth-order valence-electron chi connectivity index (χ4n) is 4.22. The number of nitrogens with two attached hydrogens (primary N) is 1. The molecule has 11 heteroatoms. The van der Waals surface area contributed by atoms with Gasteiger partial charge in [-0.2, -0.15) is 0 Å². The van der Waals surface area contributed by atoms with E-state index in [2.05, 4.69) is 46.5 Å². The number of aromatic nitrogens is 3. The lowest BCUT2D eigenvalue weighted by atomic mass is 9.93. The summed E-state index contributed by atoms with van der Waals surface area (Å²) in [6.45, 7) is 8.40. The third-order valence-electron chi connectivity index (χ3n) is 6.51. The summed E-state index contributed by atoms with van der Waals surface area (Å²) in [7, 11) is 0. The van der Waals surface area contributed by atoms with Crippen LogP contribution >= 0.6 is 0 Å². The van der Waals surface area contributed by atoms with Crippen molar-refractivity contribution in [2.45, 2.75) is 26.2 Å². The molecule has 5 N–H and O–H groups in total. The average molecular weight is 541 g/mol. The van der Waals surface area contributed by atoms with E-state index < -0.39 is 0 Å². The standard InChI is InChI=1S/C29H32N8O3/c1-29(2,3)22-16-23(36-40-22)34-20-8-10-21(11-9-20)35-27-24(26(31)32-17-33-27)25(30)18-4-6-19(7-5-18)28(38)37-12-14-39-15-13-37/h4-11,16-17,30H,12-15H2,1-3H3,(H,34,36)(H3,31,32,33,35). The number of benzene rings is 2. The number of nitrogen functional groups attached to an aromatic ring is 1. The van der Waals surface area contributed by atoms with Crippen molar-refractivity contribution in [2.24, 2.45) is 0 Å². The van der Waals surface area contributed by atoms with E-state index >= 15 is 0 Å². The molecule has 5 rings (SSSR count). The minimum Gasteiger partial charge on any atom is -0.383 e. The molecule has 0 radical (unpaired) electrons. The summed E-state index contributed by atoms with van der Waals surface area (Å²) in [4.78, 5) is 23.0. The minimum absolute atomic E-state index is 0.0533. The van der Waals surface area contributed by atoms with Crippen molar-refractivity contribution < 1.29 is 14.1 Å². The number of hydrogen-bond donors (Lipinski definition) is 4. The van der Waals surface area contributed by atoms with Gasteiger partial charge in [0, 0.05) is 47.1 Å². The number of morpholine rings is 1. The van der Waals surface area contributed by atoms with Gasteiger partial charge in [-0.15, -0.1) is 0 Å². The molecule has 1 saturated heterocycles. The summed E-state index contributed by atoms with van der Waals surface area (Å²) in [5.74, 6) is 1.95. The van der Waals surface area contributed by atoms with E-state index in [4.69, 9.17) is 20.4 Å². The van der Waals surface area contributed by atoms with Crippen molar-refractivity contribution in [1.82, 2.24) is 20.0 Å². The summed E-state index contributed by atoms with van der Waals surface area (Å²) < 4.78 is 10.8. The zero-order chi connectivity index (χ0) is 28.3. The molecule has 1 aliphatic rings. The van der Waals surface area contributed by atoms with E-state index in [0.29, 0.717) is 54.6 Å². The SMILES string of the molecule is CC(C)(C)c1cc(Nc2ccc(Nc3ncnc(N)c3C(=N)c3ccc(C(=O)N4CCOCC4)cc3)cc2)no1. The quantitative estimate of drug-likeness (QED) is 0.244. The third-order valence-corrected chi connectivity index (χ3v) is 6.51. The molecule has 2 aromatic heterocycles. The van der Waals surface area contributed by atoms with Crippen molar-refractivity contribution in [3.63, 3.8) is 0 Å². The predicted molar refractivity (Wildman–Crippen MR) is 154 cm³/mol. The molecule has 0 unspecified atom stereocenters. The molecule has 2 aromatic carbocycles. The summed E-state index contributed by atoms with van der Waals surface area (Å²) in [5, 5.41) is 19.4. The van der Waals surface area contributed by atoms with Gasteiger partial charge >= 0.3 is 0 Å². The summed E-state index contributed by atoms with van der Waals surface area (Å²) in [6.07, 6.45) is 1.35.